The van der Waals surface area contributed by atoms with E-state index in [2.05, 4.69) is 10.3 Å². The molecule has 1 heterocycles. The molecule has 1 N–H and O–H groups in total. The summed E-state index contributed by atoms with van der Waals surface area (Å²) in [4.78, 5) is 29.4. The number of aryl methyl sites for hydroxylation is 1. The van der Waals surface area contributed by atoms with Gasteiger partial charge in [-0.1, -0.05) is 41.4 Å². The van der Waals surface area contributed by atoms with Crippen LogP contribution in [-0.2, 0) is 9.53 Å². The van der Waals surface area contributed by atoms with Crippen LogP contribution in [0.5, 0.6) is 0 Å². The Balaban J connectivity index is 1.78. The van der Waals surface area contributed by atoms with E-state index < -0.39 is 18.0 Å². The number of benzene rings is 2. The maximum atomic E-state index is 12.6. The predicted molar refractivity (Wildman–Crippen MR) is 106 cm³/mol. The third-order valence-corrected chi connectivity index (χ3v) is 4.47. The van der Waals surface area contributed by atoms with E-state index in [1.54, 1.807) is 31.2 Å². The van der Waals surface area contributed by atoms with Crippen molar-refractivity contribution in [2.45, 2.75) is 20.0 Å². The lowest BCUT2D eigenvalue weighted by atomic mass is 10.1. The number of nitrogens with one attached hydrogen (secondary N) is 1. The number of aromatic nitrogens is 1. The summed E-state index contributed by atoms with van der Waals surface area (Å²) in [5.41, 5.74) is 2.08. The zero-order chi connectivity index (χ0) is 19.6. The second-order valence-electron chi connectivity index (χ2n) is 5.99. The van der Waals surface area contributed by atoms with Gasteiger partial charge in [-0.2, -0.15) is 0 Å². The Morgan fingerprint density at radius 2 is 1.85 bits per heavy atom. The van der Waals surface area contributed by atoms with Gasteiger partial charge in [0.15, 0.2) is 6.10 Å². The summed E-state index contributed by atoms with van der Waals surface area (Å²) in [5, 5.41) is 4.04. The highest BCUT2D eigenvalue weighted by atomic mass is 35.5. The van der Waals surface area contributed by atoms with Gasteiger partial charge < -0.3 is 10.1 Å². The lowest BCUT2D eigenvalue weighted by Crippen LogP contribution is -2.30. The van der Waals surface area contributed by atoms with Gasteiger partial charge in [-0.15, -0.1) is 0 Å². The number of hydrogen-bond donors (Lipinski definition) is 1. The van der Waals surface area contributed by atoms with E-state index in [9.17, 15) is 9.59 Å². The molecule has 0 fully saturated rings. The van der Waals surface area contributed by atoms with Gasteiger partial charge in [-0.25, -0.2) is 4.79 Å². The molecule has 0 bridgehead atoms. The van der Waals surface area contributed by atoms with E-state index in [4.69, 9.17) is 27.9 Å². The van der Waals surface area contributed by atoms with Crippen molar-refractivity contribution in [2.75, 3.05) is 5.32 Å². The largest absolute Gasteiger partial charge is 0.449 e. The Morgan fingerprint density at radius 3 is 2.63 bits per heavy atom. The quantitative estimate of drug-likeness (QED) is 0.621. The molecule has 0 saturated carbocycles. The van der Waals surface area contributed by atoms with Crippen molar-refractivity contribution in [2.24, 2.45) is 0 Å². The van der Waals surface area contributed by atoms with Crippen LogP contribution in [0.4, 0.5) is 5.69 Å². The molecule has 1 amide bonds. The van der Waals surface area contributed by atoms with Crippen molar-refractivity contribution in [1.29, 1.82) is 0 Å². The first-order chi connectivity index (χ1) is 12.8. The molecule has 3 rings (SSSR count). The van der Waals surface area contributed by atoms with Crippen LogP contribution in [0.25, 0.3) is 10.9 Å². The van der Waals surface area contributed by atoms with Crippen LogP contribution in [0.15, 0.2) is 48.5 Å². The first kappa shape index (κ1) is 19.1. The standard InChI is InChI=1S/C20H16Cl2N2O3/c1-11-9-15(14-5-3-4-6-17(14)23-11)20(26)27-12(2)19(25)24-18-10-13(21)7-8-16(18)22/h3-10,12H,1-2H3,(H,24,25)/t12-/m1/s1. The molecule has 138 valence electrons. The maximum absolute atomic E-state index is 12.6. The second kappa shape index (κ2) is 7.94. The number of carbonyl (C=O) groups is 2. The summed E-state index contributed by atoms with van der Waals surface area (Å²) < 4.78 is 5.35. The molecule has 5 nitrogen and oxygen atoms in total. The number of nitrogens with zero attached hydrogens (tertiary/aromatic N) is 1. The third-order valence-electron chi connectivity index (χ3n) is 3.90. The molecular weight excluding hydrogens is 387 g/mol. The van der Waals surface area contributed by atoms with Crippen LogP contribution >= 0.6 is 23.2 Å². The normalized spacial score (nSPS) is 11.9. The van der Waals surface area contributed by atoms with E-state index in [-0.39, 0.29) is 0 Å². The number of halogens is 2. The van der Waals surface area contributed by atoms with Crippen molar-refractivity contribution in [3.05, 3.63) is 69.8 Å². The molecule has 2 aromatic carbocycles. The highest BCUT2D eigenvalue weighted by Crippen LogP contribution is 2.26. The number of rotatable bonds is 4. The second-order valence-corrected chi connectivity index (χ2v) is 6.83. The highest BCUT2D eigenvalue weighted by molar-refractivity contribution is 6.35. The van der Waals surface area contributed by atoms with E-state index in [1.165, 1.54) is 13.0 Å². The minimum Gasteiger partial charge on any atom is -0.449 e. The van der Waals surface area contributed by atoms with Gasteiger partial charge >= 0.3 is 5.97 Å². The number of carbonyl (C=O) groups excluding carboxylic acids is 2. The Bertz CT molecular complexity index is 1040. The molecule has 0 unspecified atom stereocenters. The Kier molecular flexibility index (Phi) is 5.63. The zero-order valence-corrected chi connectivity index (χ0v) is 16.1. The number of para-hydroxylation sites is 1. The van der Waals surface area contributed by atoms with Crippen molar-refractivity contribution in [3.63, 3.8) is 0 Å². The van der Waals surface area contributed by atoms with Crippen LogP contribution < -0.4 is 5.32 Å². The Labute approximate surface area is 166 Å². The van der Waals surface area contributed by atoms with Gasteiger partial charge in [0.1, 0.15) is 0 Å². The third kappa shape index (κ3) is 4.38. The van der Waals surface area contributed by atoms with Crippen molar-refractivity contribution >= 4 is 51.7 Å². The van der Waals surface area contributed by atoms with Crippen LogP contribution in [0.1, 0.15) is 23.0 Å². The Morgan fingerprint density at radius 1 is 1.11 bits per heavy atom. The summed E-state index contributed by atoms with van der Waals surface area (Å²) in [6.07, 6.45) is -1.03. The molecule has 0 radical (unpaired) electrons. The van der Waals surface area contributed by atoms with Crippen molar-refractivity contribution in [3.8, 4) is 0 Å². The molecule has 1 aromatic heterocycles. The number of amides is 1. The first-order valence-electron chi connectivity index (χ1n) is 8.18. The fourth-order valence-corrected chi connectivity index (χ4v) is 2.92. The van der Waals surface area contributed by atoms with Gasteiger partial charge in [0.2, 0.25) is 0 Å². The number of anilines is 1. The van der Waals surface area contributed by atoms with E-state index in [1.807, 2.05) is 18.2 Å². The minimum atomic E-state index is -1.03. The van der Waals surface area contributed by atoms with E-state index in [0.29, 0.717) is 37.9 Å². The van der Waals surface area contributed by atoms with E-state index >= 15 is 0 Å². The number of hydrogen-bond acceptors (Lipinski definition) is 4. The van der Waals surface area contributed by atoms with E-state index in [0.717, 1.165) is 0 Å². The molecule has 3 aromatic rings. The predicted octanol–water partition coefficient (Wildman–Crippen LogP) is 5.03. The molecule has 27 heavy (non-hydrogen) atoms. The summed E-state index contributed by atoms with van der Waals surface area (Å²) in [6, 6.07) is 13.6. The van der Waals surface area contributed by atoms with Gasteiger partial charge in [-0.3, -0.25) is 9.78 Å². The zero-order valence-electron chi connectivity index (χ0n) is 14.6. The van der Waals surface area contributed by atoms with Crippen LogP contribution in [0.2, 0.25) is 10.0 Å². The number of pyridine rings is 1. The lowest BCUT2D eigenvalue weighted by Gasteiger charge is -2.15. The van der Waals surface area contributed by atoms with Gasteiger partial charge in [0.05, 0.1) is 21.8 Å². The van der Waals surface area contributed by atoms with Gasteiger partial charge in [-0.05, 0) is 44.2 Å². The fourth-order valence-electron chi connectivity index (χ4n) is 2.58. The van der Waals surface area contributed by atoms with Crippen LogP contribution in [-0.4, -0.2) is 23.0 Å². The molecule has 7 heteroatoms. The number of fused-ring (bicyclic) bond motifs is 1. The molecule has 0 aliphatic rings. The lowest BCUT2D eigenvalue weighted by molar-refractivity contribution is -0.123. The van der Waals surface area contributed by atoms with Crippen molar-refractivity contribution < 1.29 is 14.3 Å². The van der Waals surface area contributed by atoms with Crippen LogP contribution in [0, 0.1) is 6.92 Å². The maximum Gasteiger partial charge on any atom is 0.339 e. The smallest absolute Gasteiger partial charge is 0.339 e. The monoisotopic (exact) mass is 402 g/mol. The van der Waals surface area contributed by atoms with Gasteiger partial charge in [0.25, 0.3) is 5.91 Å². The SMILES string of the molecule is Cc1cc(C(=O)O[C@H](C)C(=O)Nc2cc(Cl)ccc2Cl)c2ccccc2n1. The molecular formula is C20H16Cl2N2O3. The molecule has 1 atom stereocenters. The molecule has 0 spiro atoms. The van der Waals surface area contributed by atoms with Crippen molar-refractivity contribution in [1.82, 2.24) is 4.98 Å². The average molecular weight is 403 g/mol. The molecule has 0 saturated heterocycles. The molecule has 0 aliphatic heterocycles. The molecule has 0 aliphatic carbocycles. The highest BCUT2D eigenvalue weighted by Gasteiger charge is 2.21. The summed E-state index contributed by atoms with van der Waals surface area (Å²) >= 11 is 12.0. The fraction of sp³-hybridized carbons (Fsp3) is 0.150. The number of ether oxygens (including phenoxy) is 1. The topological polar surface area (TPSA) is 68.3 Å². The first-order valence-corrected chi connectivity index (χ1v) is 8.94. The minimum absolute atomic E-state index is 0.335. The summed E-state index contributed by atoms with van der Waals surface area (Å²) in [5.74, 6) is -1.11. The summed E-state index contributed by atoms with van der Waals surface area (Å²) in [6.45, 7) is 3.28. The van der Waals surface area contributed by atoms with Gasteiger partial charge in [0, 0.05) is 16.1 Å². The van der Waals surface area contributed by atoms with Crippen LogP contribution in [0.3, 0.4) is 0 Å². The average Bonchev–Trinajstić information content (AvgIpc) is 2.63. The summed E-state index contributed by atoms with van der Waals surface area (Å²) in [7, 11) is 0. The Hall–Kier alpha value is -2.63. The number of esters is 1.